The van der Waals surface area contributed by atoms with Gasteiger partial charge in [0.1, 0.15) is 17.4 Å². The lowest BCUT2D eigenvalue weighted by atomic mass is 10.2. The fourth-order valence-electron chi connectivity index (χ4n) is 2.68. The van der Waals surface area contributed by atoms with E-state index in [1.54, 1.807) is 28.9 Å². The van der Waals surface area contributed by atoms with Crippen molar-refractivity contribution in [2.75, 3.05) is 5.43 Å². The Morgan fingerprint density at radius 2 is 1.84 bits per heavy atom. The van der Waals surface area contributed by atoms with Gasteiger partial charge >= 0.3 is 0 Å². The molecule has 1 amide bonds. The Kier molecular flexibility index (Phi) is 3.55. The average Bonchev–Trinajstić information content (AvgIpc) is 3.07. The van der Waals surface area contributed by atoms with Crippen molar-refractivity contribution >= 4 is 33.7 Å². The smallest absolute Gasteiger partial charge is 0.270 e. The number of amides is 1. The summed E-state index contributed by atoms with van der Waals surface area (Å²) in [5.41, 5.74) is 5.25. The van der Waals surface area contributed by atoms with Crippen LogP contribution in [0.25, 0.3) is 21.9 Å². The van der Waals surface area contributed by atoms with Crippen molar-refractivity contribution in [1.82, 2.24) is 14.6 Å². The summed E-state index contributed by atoms with van der Waals surface area (Å²) >= 11 is 0. The molecule has 8 nitrogen and oxygen atoms in total. The molecule has 0 unspecified atom stereocenters. The van der Waals surface area contributed by atoms with Crippen LogP contribution in [0.3, 0.4) is 0 Å². The summed E-state index contributed by atoms with van der Waals surface area (Å²) in [6, 6.07) is 16.5. The number of imidazole rings is 1. The van der Waals surface area contributed by atoms with Gasteiger partial charge in [0, 0.05) is 10.9 Å². The summed E-state index contributed by atoms with van der Waals surface area (Å²) in [4.78, 5) is 21.2. The third kappa shape index (κ3) is 2.55. The van der Waals surface area contributed by atoms with Gasteiger partial charge in [-0.25, -0.2) is 14.6 Å². The van der Waals surface area contributed by atoms with E-state index in [1.165, 1.54) is 6.33 Å². The largest absolute Gasteiger partial charge is 0.305 e. The molecule has 0 fully saturated rings. The molecule has 122 valence electrons. The zero-order valence-corrected chi connectivity index (χ0v) is 13.0. The predicted molar refractivity (Wildman–Crippen MR) is 93.9 cm³/mol. The highest BCUT2D eigenvalue weighted by Crippen LogP contribution is 2.29. The summed E-state index contributed by atoms with van der Waals surface area (Å²) in [7, 11) is 0. The van der Waals surface area contributed by atoms with Crippen molar-refractivity contribution in [3.05, 3.63) is 66.5 Å². The third-order valence-electron chi connectivity index (χ3n) is 3.78. The zero-order valence-electron chi connectivity index (χ0n) is 13.0. The van der Waals surface area contributed by atoms with Gasteiger partial charge in [0.05, 0.1) is 5.52 Å². The van der Waals surface area contributed by atoms with Crippen LogP contribution in [0.15, 0.2) is 71.3 Å². The highest BCUT2D eigenvalue weighted by molar-refractivity contribution is 6.08. The van der Waals surface area contributed by atoms with Gasteiger partial charge in [-0.1, -0.05) is 41.6 Å². The number of hydrogen-bond donors (Lipinski definition) is 2. The summed E-state index contributed by atoms with van der Waals surface area (Å²) < 4.78 is 1.56. The Balaban J connectivity index is 1.89. The molecule has 0 aliphatic carbocycles. The SMILES string of the molecule is NN=Nc1nc2ccccc2c2c1ncn2NC(=O)c1ccccc1. The normalized spacial score (nSPS) is 11.4. The number of carbonyl (C=O) groups excluding carboxylic acids is 1. The molecule has 2 aromatic carbocycles. The predicted octanol–water partition coefficient (Wildman–Crippen LogP) is 2.93. The number of carbonyl (C=O) groups is 1. The van der Waals surface area contributed by atoms with Crippen molar-refractivity contribution in [2.45, 2.75) is 0 Å². The van der Waals surface area contributed by atoms with Crippen LogP contribution in [0.4, 0.5) is 5.82 Å². The molecular weight excluding hydrogens is 318 g/mol. The quantitative estimate of drug-likeness (QED) is 0.341. The van der Waals surface area contributed by atoms with Crippen LogP contribution >= 0.6 is 0 Å². The van der Waals surface area contributed by atoms with Crippen molar-refractivity contribution < 1.29 is 4.79 Å². The number of pyridine rings is 1. The Hall–Kier alpha value is -3.81. The van der Waals surface area contributed by atoms with E-state index < -0.39 is 0 Å². The molecule has 0 saturated heterocycles. The number of para-hydroxylation sites is 1. The summed E-state index contributed by atoms with van der Waals surface area (Å²) in [6.45, 7) is 0. The number of rotatable bonds is 3. The molecular formula is C17H13N7O. The summed E-state index contributed by atoms with van der Waals surface area (Å²) in [5, 5.41) is 7.98. The number of benzene rings is 2. The van der Waals surface area contributed by atoms with Crippen molar-refractivity contribution in [1.29, 1.82) is 0 Å². The highest BCUT2D eigenvalue weighted by atomic mass is 16.2. The van der Waals surface area contributed by atoms with Crippen LogP contribution in [0.1, 0.15) is 10.4 Å². The number of nitrogens with two attached hydrogens (primary N) is 1. The topological polar surface area (TPSA) is 111 Å². The third-order valence-corrected chi connectivity index (χ3v) is 3.78. The lowest BCUT2D eigenvalue weighted by Gasteiger charge is -2.09. The zero-order chi connectivity index (χ0) is 17.2. The number of nitrogens with zero attached hydrogens (tertiary/aromatic N) is 5. The minimum absolute atomic E-state index is 0.247. The number of nitrogens with one attached hydrogen (secondary N) is 1. The van der Waals surface area contributed by atoms with E-state index in [2.05, 4.69) is 25.7 Å². The van der Waals surface area contributed by atoms with Gasteiger partial charge in [0.15, 0.2) is 0 Å². The number of fused-ring (bicyclic) bond motifs is 3. The van der Waals surface area contributed by atoms with Gasteiger partial charge < -0.3 is 5.84 Å². The monoisotopic (exact) mass is 331 g/mol. The van der Waals surface area contributed by atoms with Crippen LogP contribution in [0.5, 0.6) is 0 Å². The second-order valence-corrected chi connectivity index (χ2v) is 5.29. The molecule has 0 aliphatic heterocycles. The van der Waals surface area contributed by atoms with Crippen LogP contribution in [0, 0.1) is 0 Å². The molecule has 25 heavy (non-hydrogen) atoms. The number of aromatic nitrogens is 3. The molecule has 0 aliphatic rings. The second kappa shape index (κ2) is 6.00. The maximum Gasteiger partial charge on any atom is 0.270 e. The number of hydrogen-bond acceptors (Lipinski definition) is 5. The van der Waals surface area contributed by atoms with Crippen LogP contribution in [-0.2, 0) is 0 Å². The minimum Gasteiger partial charge on any atom is -0.305 e. The molecule has 3 N–H and O–H groups in total. The molecule has 2 heterocycles. The van der Waals surface area contributed by atoms with Crippen molar-refractivity contribution in [2.24, 2.45) is 16.2 Å². The fourth-order valence-corrected chi connectivity index (χ4v) is 2.68. The first-order valence-corrected chi connectivity index (χ1v) is 7.51. The van der Waals surface area contributed by atoms with Gasteiger partial charge in [-0.05, 0) is 18.2 Å². The van der Waals surface area contributed by atoms with E-state index >= 15 is 0 Å². The van der Waals surface area contributed by atoms with Crippen LogP contribution in [0.2, 0.25) is 0 Å². The molecule has 0 radical (unpaired) electrons. The van der Waals surface area contributed by atoms with Gasteiger partial charge in [0.25, 0.3) is 5.91 Å². The molecule has 0 spiro atoms. The Bertz CT molecular complexity index is 1100. The van der Waals surface area contributed by atoms with E-state index in [0.29, 0.717) is 27.9 Å². The molecule has 0 atom stereocenters. The maximum absolute atomic E-state index is 12.5. The summed E-state index contributed by atoms with van der Waals surface area (Å²) in [6.07, 6.45) is 1.51. The highest BCUT2D eigenvalue weighted by Gasteiger charge is 2.15. The first-order valence-electron chi connectivity index (χ1n) is 7.51. The molecule has 4 aromatic rings. The molecule has 0 bridgehead atoms. The van der Waals surface area contributed by atoms with Crippen molar-refractivity contribution in [3.63, 3.8) is 0 Å². The molecule has 4 rings (SSSR count). The maximum atomic E-state index is 12.5. The van der Waals surface area contributed by atoms with E-state index in [4.69, 9.17) is 5.84 Å². The Morgan fingerprint density at radius 1 is 1.08 bits per heavy atom. The first-order chi connectivity index (χ1) is 12.3. The van der Waals surface area contributed by atoms with Crippen molar-refractivity contribution in [3.8, 4) is 0 Å². The van der Waals surface area contributed by atoms with Crippen LogP contribution in [-0.4, -0.2) is 20.6 Å². The van der Waals surface area contributed by atoms with Gasteiger partial charge in [-0.15, -0.1) is 5.11 Å². The average molecular weight is 331 g/mol. The molecule has 2 aromatic heterocycles. The van der Waals surface area contributed by atoms with E-state index in [0.717, 1.165) is 5.39 Å². The minimum atomic E-state index is -0.247. The lowest BCUT2D eigenvalue weighted by Crippen LogP contribution is -2.22. The Morgan fingerprint density at radius 3 is 2.64 bits per heavy atom. The first kappa shape index (κ1) is 14.8. The molecule has 0 saturated carbocycles. The van der Waals surface area contributed by atoms with E-state index in [-0.39, 0.29) is 5.91 Å². The molecule has 8 heteroatoms. The second-order valence-electron chi connectivity index (χ2n) is 5.29. The van der Waals surface area contributed by atoms with Gasteiger partial charge in [-0.3, -0.25) is 10.2 Å². The lowest BCUT2D eigenvalue weighted by molar-refractivity contribution is 0.101. The summed E-state index contributed by atoms with van der Waals surface area (Å²) in [5.74, 6) is 5.22. The van der Waals surface area contributed by atoms with E-state index in [1.807, 2.05) is 30.3 Å². The van der Waals surface area contributed by atoms with E-state index in [9.17, 15) is 4.79 Å². The fraction of sp³-hybridized carbons (Fsp3) is 0. The standard InChI is InChI=1S/C17H13N7O/c18-23-21-16-14-15(12-8-4-5-9-13(12)20-16)24(10-19-14)22-17(25)11-6-2-1-3-7-11/h1-10H,(H,22,25)(H2,18,20,21). The van der Waals surface area contributed by atoms with Gasteiger partial charge in [-0.2, -0.15) is 0 Å². The van der Waals surface area contributed by atoms with Gasteiger partial charge in [0.2, 0.25) is 5.82 Å². The van der Waals surface area contributed by atoms with Crippen LogP contribution < -0.4 is 11.3 Å². The Labute approximate surface area is 142 Å².